The van der Waals surface area contributed by atoms with E-state index in [2.05, 4.69) is 9.98 Å². The molecule has 116 valence electrons. The van der Waals surface area contributed by atoms with E-state index in [4.69, 9.17) is 9.52 Å². The fourth-order valence-corrected chi connectivity index (χ4v) is 2.49. The van der Waals surface area contributed by atoms with E-state index in [0.717, 1.165) is 5.56 Å². The predicted octanol–water partition coefficient (Wildman–Crippen LogP) is 2.33. The Hall–Kier alpha value is -3.02. The van der Waals surface area contributed by atoms with Gasteiger partial charge in [0.05, 0.1) is 17.5 Å². The number of hydrogen-bond acceptors (Lipinski definition) is 5. The van der Waals surface area contributed by atoms with E-state index in [0.29, 0.717) is 11.5 Å². The molecular weight excluding hydrogens is 296 g/mol. The Balaban J connectivity index is 1.95. The number of carbonyl (C=O) groups excluding carboxylic acids is 1. The van der Waals surface area contributed by atoms with Gasteiger partial charge in [0.2, 0.25) is 0 Å². The van der Waals surface area contributed by atoms with Crippen LogP contribution < -0.4 is 0 Å². The maximum atomic E-state index is 12.8. The molecule has 0 saturated carbocycles. The number of nitrogens with zero attached hydrogens (tertiary/aromatic N) is 2. The van der Waals surface area contributed by atoms with Gasteiger partial charge in [-0.25, -0.2) is 4.79 Å². The van der Waals surface area contributed by atoms with Crippen molar-refractivity contribution in [2.24, 2.45) is 4.99 Å². The highest BCUT2D eigenvalue weighted by Crippen LogP contribution is 2.32. The SMILES string of the molecule is Cc1occc1CC(=O)C1(c2ccc(C(=O)O)cn2)C=CC=N1. The first-order chi connectivity index (χ1) is 11.0. The zero-order chi connectivity index (χ0) is 16.4. The van der Waals surface area contributed by atoms with Crippen LogP contribution in [0.3, 0.4) is 0 Å². The molecule has 3 rings (SSSR count). The lowest BCUT2D eigenvalue weighted by molar-refractivity contribution is -0.122. The van der Waals surface area contributed by atoms with Crippen LogP contribution in [-0.2, 0) is 16.8 Å². The number of ketones is 1. The largest absolute Gasteiger partial charge is 0.478 e. The summed E-state index contributed by atoms with van der Waals surface area (Å²) < 4.78 is 5.22. The van der Waals surface area contributed by atoms with Crippen LogP contribution in [-0.4, -0.2) is 28.1 Å². The standard InChI is InChI=1S/C17H14N2O4/c1-11-12(5-8-23-11)9-15(20)17(6-2-7-19-17)14-4-3-13(10-18-14)16(21)22/h2-8,10H,9H2,1H3,(H,21,22). The number of carboxylic acids is 1. The number of pyridine rings is 1. The number of Topliss-reactive ketones (excluding diaryl/α,β-unsaturated/α-hetero) is 1. The maximum Gasteiger partial charge on any atom is 0.337 e. The number of rotatable bonds is 5. The number of allylic oxidation sites excluding steroid dienone is 1. The minimum Gasteiger partial charge on any atom is -0.478 e. The van der Waals surface area contributed by atoms with E-state index in [9.17, 15) is 9.59 Å². The number of aromatic carboxylic acids is 1. The number of aromatic nitrogens is 1. The fraction of sp³-hybridized carbons (Fsp3) is 0.176. The molecule has 2 aromatic heterocycles. The van der Waals surface area contributed by atoms with Crippen molar-refractivity contribution in [3.05, 3.63) is 65.4 Å². The summed E-state index contributed by atoms with van der Waals surface area (Å²) in [6.45, 7) is 1.79. The van der Waals surface area contributed by atoms with Crippen LogP contribution in [0.15, 0.2) is 52.2 Å². The van der Waals surface area contributed by atoms with Crippen LogP contribution in [0.25, 0.3) is 0 Å². The summed E-state index contributed by atoms with van der Waals surface area (Å²) in [6, 6.07) is 4.70. The third-order valence-corrected chi connectivity index (χ3v) is 3.84. The van der Waals surface area contributed by atoms with Crippen LogP contribution in [0.1, 0.15) is 27.4 Å². The van der Waals surface area contributed by atoms with Crippen molar-refractivity contribution < 1.29 is 19.1 Å². The Morgan fingerprint density at radius 1 is 1.30 bits per heavy atom. The Labute approximate surface area is 132 Å². The van der Waals surface area contributed by atoms with Gasteiger partial charge in [0.25, 0.3) is 0 Å². The topological polar surface area (TPSA) is 92.8 Å². The Morgan fingerprint density at radius 2 is 2.13 bits per heavy atom. The summed E-state index contributed by atoms with van der Waals surface area (Å²) in [5.74, 6) is -0.528. The summed E-state index contributed by atoms with van der Waals surface area (Å²) in [6.07, 6.45) is 7.84. The average molecular weight is 310 g/mol. The van der Waals surface area contributed by atoms with E-state index in [1.807, 2.05) is 0 Å². The maximum absolute atomic E-state index is 12.8. The van der Waals surface area contributed by atoms with E-state index < -0.39 is 11.5 Å². The number of aryl methyl sites for hydroxylation is 1. The number of carbonyl (C=O) groups is 2. The van der Waals surface area contributed by atoms with Gasteiger partial charge in [-0.2, -0.15) is 0 Å². The molecule has 1 aliphatic rings. The smallest absolute Gasteiger partial charge is 0.337 e. The quantitative estimate of drug-likeness (QED) is 0.915. The Morgan fingerprint density at radius 3 is 2.65 bits per heavy atom. The first kappa shape index (κ1) is 14.9. The second kappa shape index (κ2) is 5.64. The molecule has 2 aromatic rings. The summed E-state index contributed by atoms with van der Waals surface area (Å²) in [5.41, 5.74) is 0.0551. The molecule has 3 heterocycles. The van der Waals surface area contributed by atoms with E-state index in [-0.39, 0.29) is 17.8 Å². The fourth-order valence-electron chi connectivity index (χ4n) is 2.49. The molecule has 0 radical (unpaired) electrons. The van der Waals surface area contributed by atoms with Crippen molar-refractivity contribution in [3.63, 3.8) is 0 Å². The highest BCUT2D eigenvalue weighted by Gasteiger charge is 2.40. The molecule has 0 spiro atoms. The van der Waals surface area contributed by atoms with Crippen LogP contribution in [0.2, 0.25) is 0 Å². The molecule has 1 N–H and O–H groups in total. The summed E-state index contributed by atoms with van der Waals surface area (Å²) >= 11 is 0. The molecule has 0 bridgehead atoms. The van der Waals surface area contributed by atoms with Gasteiger partial charge in [0.15, 0.2) is 11.3 Å². The van der Waals surface area contributed by atoms with Crippen molar-refractivity contribution in [1.82, 2.24) is 4.98 Å². The van der Waals surface area contributed by atoms with Gasteiger partial charge in [-0.05, 0) is 37.3 Å². The lowest BCUT2D eigenvalue weighted by Gasteiger charge is -2.22. The number of aliphatic imine (C=N–C) groups is 1. The molecule has 6 nitrogen and oxygen atoms in total. The predicted molar refractivity (Wildman–Crippen MR) is 82.7 cm³/mol. The third kappa shape index (κ3) is 2.59. The van der Waals surface area contributed by atoms with Gasteiger partial charge in [-0.3, -0.25) is 14.8 Å². The minimum absolute atomic E-state index is 0.0629. The third-order valence-electron chi connectivity index (χ3n) is 3.84. The number of carboxylic acid groups (broad SMARTS) is 1. The molecule has 0 aliphatic carbocycles. The molecule has 0 amide bonds. The van der Waals surface area contributed by atoms with Crippen LogP contribution in [0.5, 0.6) is 0 Å². The monoisotopic (exact) mass is 310 g/mol. The zero-order valence-corrected chi connectivity index (χ0v) is 12.4. The van der Waals surface area contributed by atoms with Crippen LogP contribution in [0, 0.1) is 6.92 Å². The first-order valence-corrected chi connectivity index (χ1v) is 7.02. The molecular formula is C17H14N2O4. The highest BCUT2D eigenvalue weighted by atomic mass is 16.4. The summed E-state index contributed by atoms with van der Waals surface area (Å²) in [7, 11) is 0. The van der Waals surface area contributed by atoms with Gasteiger partial charge in [-0.15, -0.1) is 0 Å². The number of hydrogen-bond donors (Lipinski definition) is 1. The summed E-state index contributed by atoms with van der Waals surface area (Å²) in [5, 5.41) is 8.96. The van der Waals surface area contributed by atoms with Crippen LogP contribution >= 0.6 is 0 Å². The number of furan rings is 1. The second-order valence-corrected chi connectivity index (χ2v) is 5.24. The van der Waals surface area contributed by atoms with Crippen molar-refractivity contribution in [2.45, 2.75) is 18.9 Å². The molecule has 0 aromatic carbocycles. The van der Waals surface area contributed by atoms with Crippen molar-refractivity contribution in [3.8, 4) is 0 Å². The average Bonchev–Trinajstić information content (AvgIpc) is 3.18. The second-order valence-electron chi connectivity index (χ2n) is 5.24. The van der Waals surface area contributed by atoms with E-state index in [1.54, 1.807) is 31.4 Å². The summed E-state index contributed by atoms with van der Waals surface area (Å²) in [4.78, 5) is 32.2. The van der Waals surface area contributed by atoms with Crippen molar-refractivity contribution in [1.29, 1.82) is 0 Å². The van der Waals surface area contributed by atoms with Gasteiger partial charge in [0.1, 0.15) is 5.76 Å². The lowest BCUT2D eigenvalue weighted by Crippen LogP contribution is -2.33. The van der Waals surface area contributed by atoms with Gasteiger partial charge < -0.3 is 9.52 Å². The van der Waals surface area contributed by atoms with Crippen LogP contribution in [0.4, 0.5) is 0 Å². The van der Waals surface area contributed by atoms with Crippen molar-refractivity contribution >= 4 is 18.0 Å². The molecule has 6 heteroatoms. The molecule has 1 aliphatic heterocycles. The van der Waals surface area contributed by atoms with E-state index >= 15 is 0 Å². The van der Waals surface area contributed by atoms with Gasteiger partial charge in [0, 0.05) is 24.4 Å². The van der Waals surface area contributed by atoms with Gasteiger partial charge in [-0.1, -0.05) is 0 Å². The molecule has 1 atom stereocenters. The molecule has 0 saturated heterocycles. The molecule has 23 heavy (non-hydrogen) atoms. The lowest BCUT2D eigenvalue weighted by atomic mass is 9.87. The molecule has 0 fully saturated rings. The molecule has 1 unspecified atom stereocenters. The van der Waals surface area contributed by atoms with E-state index in [1.165, 1.54) is 24.6 Å². The van der Waals surface area contributed by atoms with Crippen molar-refractivity contribution in [2.75, 3.05) is 0 Å². The van der Waals surface area contributed by atoms with Gasteiger partial charge >= 0.3 is 5.97 Å². The Kier molecular flexibility index (Phi) is 3.65. The normalized spacial score (nSPS) is 19.2. The Bertz CT molecular complexity index is 803. The first-order valence-electron chi connectivity index (χ1n) is 7.02. The zero-order valence-electron chi connectivity index (χ0n) is 12.4. The minimum atomic E-state index is -1.21. The highest BCUT2D eigenvalue weighted by molar-refractivity contribution is 5.98.